The molecule has 1 heterocycles. The zero-order chi connectivity index (χ0) is 24.1. The highest BCUT2D eigenvalue weighted by molar-refractivity contribution is 5.91. The van der Waals surface area contributed by atoms with E-state index < -0.39 is 0 Å². The molecule has 1 amide bonds. The molecular formula is C27H25N5O3. The predicted octanol–water partition coefficient (Wildman–Crippen LogP) is 4.56. The average molecular weight is 468 g/mol. The van der Waals surface area contributed by atoms with Gasteiger partial charge in [-0.2, -0.15) is 0 Å². The van der Waals surface area contributed by atoms with Crippen molar-refractivity contribution in [2.45, 2.75) is 13.2 Å². The van der Waals surface area contributed by atoms with Crippen LogP contribution in [0.3, 0.4) is 0 Å². The topological polar surface area (TPSA) is 90.6 Å². The Hall–Kier alpha value is -4.72. The van der Waals surface area contributed by atoms with Crippen LogP contribution in [0.4, 0.5) is 5.69 Å². The summed E-state index contributed by atoms with van der Waals surface area (Å²) in [6.45, 7) is 0.931. The third kappa shape index (κ3) is 7.97. The van der Waals surface area contributed by atoms with Gasteiger partial charge >= 0.3 is 0 Å². The molecule has 3 aromatic carbocycles. The largest absolute Gasteiger partial charge is 0.489 e. The van der Waals surface area contributed by atoms with Crippen LogP contribution in [-0.4, -0.2) is 33.7 Å². The summed E-state index contributed by atoms with van der Waals surface area (Å²) in [7, 11) is 0. The lowest BCUT2D eigenvalue weighted by atomic mass is 10.2. The first-order valence-corrected chi connectivity index (χ1v) is 11.1. The minimum Gasteiger partial charge on any atom is -0.489 e. The van der Waals surface area contributed by atoms with Gasteiger partial charge in [-0.15, -0.1) is 5.10 Å². The molecule has 0 aliphatic rings. The zero-order valence-corrected chi connectivity index (χ0v) is 19.0. The Morgan fingerprint density at radius 3 is 2.40 bits per heavy atom. The van der Waals surface area contributed by atoms with E-state index in [-0.39, 0.29) is 12.5 Å². The monoisotopic (exact) mass is 467 g/mol. The molecule has 4 rings (SSSR count). The number of nitrogens with one attached hydrogen (secondary N) is 1. The zero-order valence-electron chi connectivity index (χ0n) is 19.0. The van der Waals surface area contributed by atoms with Crippen LogP contribution in [0.25, 0.3) is 6.08 Å². The Bertz CT molecular complexity index is 1250. The van der Waals surface area contributed by atoms with Crippen molar-refractivity contribution in [3.8, 4) is 5.75 Å². The van der Waals surface area contributed by atoms with Crippen molar-refractivity contribution in [2.75, 3.05) is 11.9 Å². The van der Waals surface area contributed by atoms with Gasteiger partial charge in [0.1, 0.15) is 18.1 Å². The van der Waals surface area contributed by atoms with Gasteiger partial charge < -0.3 is 14.9 Å². The molecule has 0 saturated carbocycles. The van der Waals surface area contributed by atoms with E-state index in [1.54, 1.807) is 41.1 Å². The van der Waals surface area contributed by atoms with Crippen LogP contribution in [-0.2, 0) is 22.8 Å². The highest BCUT2D eigenvalue weighted by atomic mass is 16.6. The second-order valence-electron chi connectivity index (χ2n) is 7.56. The van der Waals surface area contributed by atoms with Gasteiger partial charge in [-0.1, -0.05) is 71.0 Å². The molecule has 0 aliphatic carbocycles. The molecule has 0 atom stereocenters. The highest BCUT2D eigenvalue weighted by Gasteiger charge is 2.03. The van der Waals surface area contributed by atoms with E-state index >= 15 is 0 Å². The van der Waals surface area contributed by atoms with Gasteiger partial charge in [0.05, 0.1) is 19.0 Å². The van der Waals surface area contributed by atoms with Gasteiger partial charge in [0.15, 0.2) is 6.61 Å². The van der Waals surface area contributed by atoms with Gasteiger partial charge in [-0.25, -0.2) is 4.68 Å². The molecule has 176 valence electrons. The lowest BCUT2D eigenvalue weighted by Gasteiger charge is -2.08. The van der Waals surface area contributed by atoms with E-state index in [0.717, 1.165) is 16.9 Å². The minimum atomic E-state index is -0.312. The maximum atomic E-state index is 12.0. The number of carbonyl (C=O) groups is 1. The van der Waals surface area contributed by atoms with E-state index in [0.29, 0.717) is 24.5 Å². The van der Waals surface area contributed by atoms with Crippen LogP contribution in [0, 0.1) is 0 Å². The SMILES string of the molecule is O=C(CO/N=C/C=C/c1cn(Cc2ccccc2)nn1)Nc1ccc(OCc2ccccc2)cc1. The van der Waals surface area contributed by atoms with Gasteiger partial charge in [0.2, 0.25) is 0 Å². The molecule has 1 aromatic heterocycles. The Morgan fingerprint density at radius 2 is 1.66 bits per heavy atom. The molecule has 0 bridgehead atoms. The number of benzene rings is 3. The van der Waals surface area contributed by atoms with Crippen LogP contribution in [0.15, 0.2) is 102 Å². The third-order valence-corrected chi connectivity index (χ3v) is 4.81. The molecule has 35 heavy (non-hydrogen) atoms. The summed E-state index contributed by atoms with van der Waals surface area (Å²) in [5.74, 6) is 0.410. The van der Waals surface area contributed by atoms with E-state index in [9.17, 15) is 4.79 Å². The van der Waals surface area contributed by atoms with E-state index in [2.05, 4.69) is 20.8 Å². The molecule has 0 aliphatic heterocycles. The molecule has 8 nitrogen and oxygen atoms in total. The van der Waals surface area contributed by atoms with Crippen molar-refractivity contribution in [1.29, 1.82) is 0 Å². The van der Waals surface area contributed by atoms with E-state index in [4.69, 9.17) is 9.57 Å². The molecule has 0 saturated heterocycles. The second-order valence-corrected chi connectivity index (χ2v) is 7.56. The van der Waals surface area contributed by atoms with Gasteiger partial charge in [0, 0.05) is 5.69 Å². The van der Waals surface area contributed by atoms with Crippen molar-refractivity contribution < 1.29 is 14.4 Å². The standard InChI is InChI=1S/C27H25N5O3/c33-27(29-24-13-15-26(16-14-24)34-20-23-10-5-2-6-11-23)21-35-28-17-7-12-25-19-32(31-30-25)18-22-8-3-1-4-9-22/h1-17,19H,18,20-21H2,(H,29,33)/b12-7+,28-17+. The number of carbonyl (C=O) groups excluding carboxylic acids is 1. The molecular weight excluding hydrogens is 442 g/mol. The van der Waals surface area contributed by atoms with Gasteiger partial charge in [-0.3, -0.25) is 4.79 Å². The summed E-state index contributed by atoms with van der Waals surface area (Å²) < 4.78 is 7.50. The number of rotatable bonds is 11. The van der Waals surface area contributed by atoms with Crippen LogP contribution in [0.1, 0.15) is 16.8 Å². The fourth-order valence-electron chi connectivity index (χ4n) is 3.13. The number of aromatic nitrogens is 3. The number of ether oxygens (including phenoxy) is 1. The van der Waals surface area contributed by atoms with Crippen molar-refractivity contribution >= 4 is 23.9 Å². The number of amides is 1. The number of hydrogen-bond donors (Lipinski definition) is 1. The number of hydrogen-bond acceptors (Lipinski definition) is 6. The van der Waals surface area contributed by atoms with Crippen molar-refractivity contribution in [2.24, 2.45) is 5.16 Å². The Morgan fingerprint density at radius 1 is 0.943 bits per heavy atom. The normalized spacial score (nSPS) is 11.1. The fourth-order valence-corrected chi connectivity index (χ4v) is 3.13. The van der Waals surface area contributed by atoms with Gasteiger partial charge in [-0.05, 0) is 47.5 Å². The molecule has 0 fully saturated rings. The van der Waals surface area contributed by atoms with Crippen LogP contribution >= 0.6 is 0 Å². The Kier molecular flexibility index (Phi) is 8.37. The molecule has 1 N–H and O–H groups in total. The first kappa shape index (κ1) is 23.4. The Balaban J connectivity index is 1.14. The molecule has 0 unspecified atom stereocenters. The fraction of sp³-hybridized carbons (Fsp3) is 0.111. The lowest BCUT2D eigenvalue weighted by molar-refractivity contribution is -0.120. The summed E-state index contributed by atoms with van der Waals surface area (Å²) in [6.07, 6.45) is 6.71. The minimum absolute atomic E-state index is 0.205. The summed E-state index contributed by atoms with van der Waals surface area (Å²) in [5.41, 5.74) is 3.58. The van der Waals surface area contributed by atoms with Crippen LogP contribution in [0.5, 0.6) is 5.75 Å². The third-order valence-electron chi connectivity index (χ3n) is 4.81. The number of anilines is 1. The average Bonchev–Trinajstić information content (AvgIpc) is 3.34. The van der Waals surface area contributed by atoms with Gasteiger partial charge in [0.25, 0.3) is 5.91 Å². The summed E-state index contributed by atoms with van der Waals surface area (Å²) >= 11 is 0. The van der Waals surface area contributed by atoms with Crippen molar-refractivity contribution in [3.05, 3.63) is 114 Å². The van der Waals surface area contributed by atoms with Crippen molar-refractivity contribution in [1.82, 2.24) is 15.0 Å². The number of oxime groups is 1. The van der Waals surface area contributed by atoms with Crippen LogP contribution < -0.4 is 10.1 Å². The predicted molar refractivity (Wildman–Crippen MR) is 135 cm³/mol. The molecule has 0 spiro atoms. The first-order valence-electron chi connectivity index (χ1n) is 11.1. The van der Waals surface area contributed by atoms with Crippen molar-refractivity contribution in [3.63, 3.8) is 0 Å². The summed E-state index contributed by atoms with van der Waals surface area (Å²) in [4.78, 5) is 17.1. The van der Waals surface area contributed by atoms with E-state index in [1.807, 2.05) is 66.9 Å². The second kappa shape index (κ2) is 12.5. The smallest absolute Gasteiger partial charge is 0.265 e. The summed E-state index contributed by atoms with van der Waals surface area (Å²) in [5, 5.41) is 14.7. The summed E-state index contributed by atoms with van der Waals surface area (Å²) in [6, 6.07) is 27.1. The first-order chi connectivity index (χ1) is 17.2. The van der Waals surface area contributed by atoms with E-state index in [1.165, 1.54) is 6.21 Å². The Labute approximate surface area is 203 Å². The molecule has 0 radical (unpaired) electrons. The molecule has 4 aromatic rings. The quantitative estimate of drug-likeness (QED) is 0.258. The highest BCUT2D eigenvalue weighted by Crippen LogP contribution is 2.17. The number of nitrogens with zero attached hydrogens (tertiary/aromatic N) is 4. The maximum Gasteiger partial charge on any atom is 0.265 e. The number of allylic oxidation sites excluding steroid dienone is 1. The lowest BCUT2D eigenvalue weighted by Crippen LogP contribution is -2.16. The molecule has 8 heteroatoms. The van der Waals surface area contributed by atoms with Crippen LogP contribution in [0.2, 0.25) is 0 Å². The maximum absolute atomic E-state index is 12.0.